The third-order valence-electron chi connectivity index (χ3n) is 2.14. The highest BCUT2D eigenvalue weighted by Gasteiger charge is 2.49. The minimum Gasteiger partial charge on any atom is -0.465 e. The van der Waals surface area contributed by atoms with Gasteiger partial charge in [0.1, 0.15) is 11.3 Å². The number of H-pyrrole nitrogens is 1. The Morgan fingerprint density at radius 3 is 2.16 bits per heavy atom. The topological polar surface area (TPSA) is 81.3 Å². The summed E-state index contributed by atoms with van der Waals surface area (Å²) in [5.41, 5.74) is -3.45. The molecule has 106 valence electrons. The quantitative estimate of drug-likeness (QED) is 0.666. The number of aromatic nitrogens is 2. The minimum atomic E-state index is -4.69. The lowest BCUT2D eigenvalue weighted by atomic mass is 10.1. The van der Waals surface area contributed by atoms with Gasteiger partial charge >= 0.3 is 24.3 Å². The second-order valence-electron chi connectivity index (χ2n) is 3.23. The van der Waals surface area contributed by atoms with Gasteiger partial charge in [0.25, 0.3) is 0 Å². The van der Waals surface area contributed by atoms with Crippen LogP contribution in [0.25, 0.3) is 0 Å². The zero-order valence-electron chi connectivity index (χ0n) is 9.67. The van der Waals surface area contributed by atoms with Crippen molar-refractivity contribution in [2.24, 2.45) is 0 Å². The third kappa shape index (κ3) is 2.51. The molecule has 19 heavy (non-hydrogen) atoms. The van der Waals surface area contributed by atoms with Gasteiger partial charge in [-0.25, -0.2) is 18.4 Å². The summed E-state index contributed by atoms with van der Waals surface area (Å²) in [5, 5.41) is 4.64. The molecule has 0 aliphatic heterocycles. The number of carbonyl (C=O) groups excluding carboxylic acids is 2. The average molecular weight is 284 g/mol. The molecule has 6 nitrogen and oxygen atoms in total. The van der Waals surface area contributed by atoms with Gasteiger partial charge in [0.05, 0.1) is 14.2 Å². The van der Waals surface area contributed by atoms with E-state index in [0.717, 1.165) is 14.2 Å². The third-order valence-corrected chi connectivity index (χ3v) is 2.14. The first-order chi connectivity index (χ1) is 8.77. The number of halogens is 4. The van der Waals surface area contributed by atoms with Crippen molar-refractivity contribution in [3.63, 3.8) is 0 Å². The maximum absolute atomic E-state index is 13.2. The number of nitrogens with zero attached hydrogens (tertiary/aromatic N) is 1. The molecule has 10 heteroatoms. The number of esters is 2. The standard InChI is InChI=1S/C9H8F4N2O4/c1-18-6(16)3-4(7(17)19-2)14-15-5(3)9(12,13)8(10)11/h8H,1-2H3,(H,14,15). The highest BCUT2D eigenvalue weighted by Crippen LogP contribution is 2.36. The van der Waals surface area contributed by atoms with Crippen molar-refractivity contribution in [1.82, 2.24) is 10.2 Å². The molecule has 1 heterocycles. The maximum Gasteiger partial charge on any atom is 0.359 e. The predicted octanol–water partition coefficient (Wildman–Crippen LogP) is 1.34. The van der Waals surface area contributed by atoms with E-state index in [-0.39, 0.29) is 0 Å². The molecule has 0 fully saturated rings. The van der Waals surface area contributed by atoms with E-state index in [4.69, 9.17) is 0 Å². The molecule has 0 radical (unpaired) electrons. The van der Waals surface area contributed by atoms with Gasteiger partial charge in [0.15, 0.2) is 5.69 Å². The molecular weight excluding hydrogens is 276 g/mol. The lowest BCUT2D eigenvalue weighted by Gasteiger charge is -2.14. The molecule has 1 aromatic heterocycles. The molecule has 0 spiro atoms. The first kappa shape index (κ1) is 14.9. The highest BCUT2D eigenvalue weighted by atomic mass is 19.3. The van der Waals surface area contributed by atoms with E-state index in [1.54, 1.807) is 5.10 Å². The van der Waals surface area contributed by atoms with Gasteiger partial charge in [0.2, 0.25) is 0 Å². The fourth-order valence-electron chi connectivity index (χ4n) is 1.24. The fourth-order valence-corrected chi connectivity index (χ4v) is 1.24. The van der Waals surface area contributed by atoms with Crippen LogP contribution >= 0.6 is 0 Å². The monoisotopic (exact) mass is 284 g/mol. The Morgan fingerprint density at radius 2 is 1.74 bits per heavy atom. The Balaban J connectivity index is 3.47. The molecule has 1 N–H and O–H groups in total. The number of hydrogen-bond donors (Lipinski definition) is 1. The van der Waals surface area contributed by atoms with Crippen molar-refractivity contribution < 1.29 is 36.6 Å². The molecule has 0 saturated carbocycles. The van der Waals surface area contributed by atoms with Crippen LogP contribution in [0.5, 0.6) is 0 Å². The summed E-state index contributed by atoms with van der Waals surface area (Å²) >= 11 is 0. The van der Waals surface area contributed by atoms with Crippen LogP contribution < -0.4 is 0 Å². The number of ether oxygens (including phenoxy) is 2. The smallest absolute Gasteiger partial charge is 0.359 e. The summed E-state index contributed by atoms with van der Waals surface area (Å²) < 4.78 is 59.4. The summed E-state index contributed by atoms with van der Waals surface area (Å²) in [6.45, 7) is 0. The Bertz CT molecular complexity index is 500. The maximum atomic E-state index is 13.2. The molecule has 0 aliphatic carbocycles. The van der Waals surface area contributed by atoms with E-state index in [1.165, 1.54) is 0 Å². The Kier molecular flexibility index (Phi) is 4.12. The molecule has 1 aromatic rings. The Labute approximate surface area is 103 Å². The number of alkyl halides is 4. The summed E-state index contributed by atoms with van der Waals surface area (Å²) in [7, 11) is 1.74. The van der Waals surface area contributed by atoms with E-state index in [9.17, 15) is 27.2 Å². The molecule has 0 aliphatic rings. The largest absolute Gasteiger partial charge is 0.465 e. The number of carbonyl (C=O) groups is 2. The molecule has 0 unspecified atom stereocenters. The lowest BCUT2D eigenvalue weighted by molar-refractivity contribution is -0.138. The van der Waals surface area contributed by atoms with Crippen molar-refractivity contribution in [2.45, 2.75) is 12.3 Å². The van der Waals surface area contributed by atoms with E-state index in [0.29, 0.717) is 0 Å². The fraction of sp³-hybridized carbons (Fsp3) is 0.444. The van der Waals surface area contributed by atoms with Crippen LogP contribution in [-0.4, -0.2) is 42.8 Å². The first-order valence-corrected chi connectivity index (χ1v) is 4.68. The summed E-state index contributed by atoms with van der Waals surface area (Å²) in [4.78, 5) is 22.6. The van der Waals surface area contributed by atoms with Crippen LogP contribution in [0.4, 0.5) is 17.6 Å². The van der Waals surface area contributed by atoms with Crippen LogP contribution in [0.15, 0.2) is 0 Å². The van der Waals surface area contributed by atoms with E-state index in [1.807, 2.05) is 0 Å². The lowest BCUT2D eigenvalue weighted by Crippen LogP contribution is -2.27. The van der Waals surface area contributed by atoms with Gasteiger partial charge in [-0.15, -0.1) is 0 Å². The average Bonchev–Trinajstić information content (AvgIpc) is 2.81. The second kappa shape index (κ2) is 5.24. The zero-order valence-corrected chi connectivity index (χ0v) is 9.67. The van der Waals surface area contributed by atoms with Crippen LogP contribution in [0.3, 0.4) is 0 Å². The summed E-state index contributed by atoms with van der Waals surface area (Å²) in [6.07, 6.45) is -4.10. The summed E-state index contributed by atoms with van der Waals surface area (Å²) in [5.74, 6) is -7.35. The van der Waals surface area contributed by atoms with Crippen molar-refractivity contribution >= 4 is 11.9 Å². The number of methoxy groups -OCH3 is 2. The second-order valence-corrected chi connectivity index (χ2v) is 3.23. The van der Waals surface area contributed by atoms with E-state index >= 15 is 0 Å². The molecule has 0 saturated heterocycles. The number of nitrogens with one attached hydrogen (secondary N) is 1. The number of hydrogen-bond acceptors (Lipinski definition) is 5. The molecule has 0 atom stereocenters. The van der Waals surface area contributed by atoms with Crippen molar-refractivity contribution in [3.05, 3.63) is 17.0 Å². The van der Waals surface area contributed by atoms with E-state index < -0.39 is 41.2 Å². The molecular formula is C9H8F4N2O4. The SMILES string of the molecule is COC(=O)c1n[nH]c(C(F)(F)C(F)F)c1C(=O)OC. The van der Waals surface area contributed by atoms with Gasteiger partial charge in [-0.1, -0.05) is 0 Å². The van der Waals surface area contributed by atoms with Crippen LogP contribution in [-0.2, 0) is 15.4 Å². The first-order valence-electron chi connectivity index (χ1n) is 4.68. The Morgan fingerprint density at radius 1 is 1.21 bits per heavy atom. The van der Waals surface area contributed by atoms with Gasteiger partial charge in [-0.05, 0) is 0 Å². The van der Waals surface area contributed by atoms with Crippen LogP contribution in [0, 0.1) is 0 Å². The molecule has 0 bridgehead atoms. The van der Waals surface area contributed by atoms with Gasteiger partial charge in [0, 0.05) is 0 Å². The zero-order chi connectivity index (χ0) is 14.8. The molecule has 0 amide bonds. The number of rotatable bonds is 4. The highest BCUT2D eigenvalue weighted by molar-refractivity contribution is 6.02. The minimum absolute atomic E-state index is 0.834. The Hall–Kier alpha value is -2.13. The normalized spacial score (nSPS) is 11.5. The van der Waals surface area contributed by atoms with E-state index in [2.05, 4.69) is 14.6 Å². The van der Waals surface area contributed by atoms with Crippen molar-refractivity contribution in [1.29, 1.82) is 0 Å². The van der Waals surface area contributed by atoms with Crippen molar-refractivity contribution in [2.75, 3.05) is 14.2 Å². The summed E-state index contributed by atoms with van der Waals surface area (Å²) in [6, 6.07) is 0. The molecule has 0 aromatic carbocycles. The van der Waals surface area contributed by atoms with Crippen molar-refractivity contribution in [3.8, 4) is 0 Å². The molecule has 1 rings (SSSR count). The van der Waals surface area contributed by atoms with Crippen LogP contribution in [0.2, 0.25) is 0 Å². The van der Waals surface area contributed by atoms with Gasteiger partial charge < -0.3 is 9.47 Å². The number of aromatic amines is 1. The van der Waals surface area contributed by atoms with Gasteiger partial charge in [-0.3, -0.25) is 5.10 Å². The predicted molar refractivity (Wildman–Crippen MR) is 51.2 cm³/mol. The van der Waals surface area contributed by atoms with Crippen LogP contribution in [0.1, 0.15) is 26.5 Å². The van der Waals surface area contributed by atoms with Gasteiger partial charge in [-0.2, -0.15) is 13.9 Å².